The molecule has 0 aromatic heterocycles. The summed E-state index contributed by atoms with van der Waals surface area (Å²) >= 11 is 0. The minimum atomic E-state index is -3.51. The van der Waals surface area contributed by atoms with Gasteiger partial charge in [-0.05, 0) is 30.8 Å². The normalized spacial score (nSPS) is 11.3. The molecule has 0 saturated carbocycles. The van der Waals surface area contributed by atoms with Crippen molar-refractivity contribution in [2.75, 3.05) is 12.4 Å². The second-order valence-corrected chi connectivity index (χ2v) is 6.04. The number of sulfonamides is 1. The molecule has 0 saturated heterocycles. The molecule has 4 N–H and O–H groups in total. The Kier molecular flexibility index (Phi) is 4.39. The molecule has 2 aromatic carbocycles. The molecule has 20 heavy (non-hydrogen) atoms. The zero-order valence-electron chi connectivity index (χ0n) is 11.1. The largest absolute Gasteiger partial charge is 0.354 e. The zero-order valence-corrected chi connectivity index (χ0v) is 11.9. The van der Waals surface area contributed by atoms with E-state index in [1.165, 1.54) is 7.05 Å². The van der Waals surface area contributed by atoms with Crippen LogP contribution in [0.15, 0.2) is 53.4 Å². The maximum absolute atomic E-state index is 12.0. The summed E-state index contributed by atoms with van der Waals surface area (Å²) in [4.78, 5) is 0.203. The van der Waals surface area contributed by atoms with Crippen molar-refractivity contribution in [1.29, 1.82) is 0 Å². The summed E-state index contributed by atoms with van der Waals surface area (Å²) in [5.74, 6) is 0. The van der Waals surface area contributed by atoms with Gasteiger partial charge in [-0.3, -0.25) is 0 Å². The van der Waals surface area contributed by atoms with Gasteiger partial charge in [-0.25, -0.2) is 13.1 Å². The lowest BCUT2D eigenvalue weighted by molar-refractivity contribution is 0.588. The van der Waals surface area contributed by atoms with E-state index < -0.39 is 10.0 Å². The van der Waals surface area contributed by atoms with Crippen molar-refractivity contribution in [3.8, 4) is 0 Å². The van der Waals surface area contributed by atoms with Gasteiger partial charge < -0.3 is 11.1 Å². The van der Waals surface area contributed by atoms with E-state index in [-0.39, 0.29) is 4.90 Å². The highest BCUT2D eigenvalue weighted by Crippen LogP contribution is 2.26. The molecule has 0 spiro atoms. The third-order valence-corrected chi connectivity index (χ3v) is 4.42. The van der Waals surface area contributed by atoms with Gasteiger partial charge in [0.1, 0.15) is 4.90 Å². The van der Waals surface area contributed by atoms with Crippen molar-refractivity contribution >= 4 is 21.4 Å². The second-order valence-electron chi connectivity index (χ2n) is 4.19. The Morgan fingerprint density at radius 3 is 2.25 bits per heavy atom. The highest BCUT2D eigenvalue weighted by atomic mass is 32.2. The molecule has 0 fully saturated rings. The third-order valence-electron chi connectivity index (χ3n) is 2.95. The van der Waals surface area contributed by atoms with Crippen molar-refractivity contribution in [1.82, 2.24) is 4.72 Å². The van der Waals surface area contributed by atoms with Crippen molar-refractivity contribution in [2.45, 2.75) is 11.4 Å². The van der Waals surface area contributed by atoms with Crippen LogP contribution in [0.2, 0.25) is 0 Å². The molecule has 2 rings (SSSR count). The number of nitrogens with two attached hydrogens (primary N) is 1. The Labute approximate surface area is 118 Å². The van der Waals surface area contributed by atoms with Crippen molar-refractivity contribution < 1.29 is 8.42 Å². The lowest BCUT2D eigenvalue weighted by Gasteiger charge is -2.14. The highest BCUT2D eigenvalue weighted by Gasteiger charge is 2.16. The first-order valence-corrected chi connectivity index (χ1v) is 7.64. The molecule has 2 aromatic rings. The van der Waals surface area contributed by atoms with Gasteiger partial charge in [-0.15, -0.1) is 0 Å². The van der Waals surface area contributed by atoms with Gasteiger partial charge in [-0.1, -0.05) is 30.3 Å². The molecule has 5 nitrogen and oxygen atoms in total. The van der Waals surface area contributed by atoms with Gasteiger partial charge in [0.25, 0.3) is 0 Å². The van der Waals surface area contributed by atoms with Gasteiger partial charge in [0.2, 0.25) is 10.0 Å². The molecule has 0 atom stereocenters. The Balaban J connectivity index is 2.45. The number of anilines is 2. The van der Waals surface area contributed by atoms with E-state index in [9.17, 15) is 8.42 Å². The fraction of sp³-hybridized carbons (Fsp3) is 0.143. The molecule has 0 aliphatic heterocycles. The summed E-state index contributed by atoms with van der Waals surface area (Å²) in [5.41, 5.74) is 7.92. The third kappa shape index (κ3) is 2.98. The summed E-state index contributed by atoms with van der Waals surface area (Å²) < 4.78 is 26.3. The first-order chi connectivity index (χ1) is 9.58. The lowest BCUT2D eigenvalue weighted by atomic mass is 10.1. The van der Waals surface area contributed by atoms with Crippen molar-refractivity contribution in [2.24, 2.45) is 5.73 Å². The summed E-state index contributed by atoms with van der Waals surface area (Å²) in [6.07, 6.45) is 0. The maximum Gasteiger partial charge on any atom is 0.242 e. The van der Waals surface area contributed by atoms with Gasteiger partial charge in [0, 0.05) is 12.2 Å². The van der Waals surface area contributed by atoms with Crippen LogP contribution in [0.4, 0.5) is 11.4 Å². The predicted octanol–water partition coefficient (Wildman–Crippen LogP) is 1.80. The summed E-state index contributed by atoms with van der Waals surface area (Å²) in [7, 11) is -2.12. The zero-order chi connectivity index (χ0) is 14.6. The monoisotopic (exact) mass is 291 g/mol. The summed E-state index contributed by atoms with van der Waals surface area (Å²) in [6.45, 7) is 0.379. The van der Waals surface area contributed by atoms with Gasteiger partial charge in [0.15, 0.2) is 0 Å². The topological polar surface area (TPSA) is 84.2 Å². The van der Waals surface area contributed by atoms with Crippen LogP contribution in [0.5, 0.6) is 0 Å². The molecule has 0 aliphatic carbocycles. The van der Waals surface area contributed by atoms with Crippen LogP contribution in [0.1, 0.15) is 5.56 Å². The van der Waals surface area contributed by atoms with Crippen molar-refractivity contribution in [3.63, 3.8) is 0 Å². The molecule has 106 valence electrons. The lowest BCUT2D eigenvalue weighted by Crippen LogP contribution is -2.19. The molecule has 0 heterocycles. The molecule has 0 radical (unpaired) electrons. The number of rotatable bonds is 5. The smallest absolute Gasteiger partial charge is 0.242 e. The number of hydrogen-bond acceptors (Lipinski definition) is 4. The van der Waals surface area contributed by atoms with Gasteiger partial charge >= 0.3 is 0 Å². The molecule has 6 heteroatoms. The van der Waals surface area contributed by atoms with E-state index in [1.54, 1.807) is 24.3 Å². The van der Waals surface area contributed by atoms with Crippen LogP contribution < -0.4 is 15.8 Å². The Bertz CT molecular complexity index is 699. The van der Waals surface area contributed by atoms with Crippen LogP contribution in [-0.4, -0.2) is 15.5 Å². The summed E-state index contributed by atoms with van der Waals surface area (Å²) in [6, 6.07) is 14.3. The fourth-order valence-corrected chi connectivity index (χ4v) is 2.77. The minimum Gasteiger partial charge on any atom is -0.354 e. The van der Waals surface area contributed by atoms with E-state index in [0.717, 1.165) is 11.3 Å². The maximum atomic E-state index is 12.0. The molecular weight excluding hydrogens is 274 g/mol. The summed E-state index contributed by atoms with van der Waals surface area (Å²) in [5, 5.41) is 3.13. The number of para-hydroxylation sites is 2. The van der Waals surface area contributed by atoms with Crippen LogP contribution in [0, 0.1) is 0 Å². The second kappa shape index (κ2) is 6.04. The van der Waals surface area contributed by atoms with Crippen LogP contribution in [0.3, 0.4) is 0 Å². The van der Waals surface area contributed by atoms with E-state index in [1.807, 2.05) is 24.3 Å². The number of nitrogens with one attached hydrogen (secondary N) is 2. The van der Waals surface area contributed by atoms with E-state index in [2.05, 4.69) is 10.0 Å². The fourth-order valence-electron chi connectivity index (χ4n) is 1.88. The van der Waals surface area contributed by atoms with Gasteiger partial charge in [0.05, 0.1) is 5.69 Å². The molecule has 0 unspecified atom stereocenters. The number of hydrogen-bond donors (Lipinski definition) is 3. The van der Waals surface area contributed by atoms with Gasteiger partial charge in [-0.2, -0.15) is 0 Å². The molecule has 0 amide bonds. The van der Waals surface area contributed by atoms with Crippen LogP contribution >= 0.6 is 0 Å². The first kappa shape index (κ1) is 14.5. The predicted molar refractivity (Wildman–Crippen MR) is 80.3 cm³/mol. The molecule has 0 bridgehead atoms. The first-order valence-electron chi connectivity index (χ1n) is 6.16. The van der Waals surface area contributed by atoms with E-state index >= 15 is 0 Å². The minimum absolute atomic E-state index is 0.203. The Morgan fingerprint density at radius 1 is 1.00 bits per heavy atom. The van der Waals surface area contributed by atoms with E-state index in [0.29, 0.717) is 12.2 Å². The number of benzene rings is 2. The van der Waals surface area contributed by atoms with Crippen LogP contribution in [-0.2, 0) is 16.6 Å². The average Bonchev–Trinajstić information content (AvgIpc) is 2.48. The molecule has 0 aliphatic rings. The van der Waals surface area contributed by atoms with Crippen LogP contribution in [0.25, 0.3) is 0 Å². The average molecular weight is 291 g/mol. The Hall–Kier alpha value is -1.89. The SMILES string of the molecule is CNS(=O)(=O)c1ccccc1Nc1ccccc1CN. The molecular formula is C14H17N3O2S. The Morgan fingerprint density at radius 2 is 1.60 bits per heavy atom. The highest BCUT2D eigenvalue weighted by molar-refractivity contribution is 7.89. The van der Waals surface area contributed by atoms with Crippen molar-refractivity contribution in [3.05, 3.63) is 54.1 Å². The standard InChI is InChI=1S/C14H17N3O2S/c1-16-20(18,19)14-9-5-4-8-13(14)17-12-7-3-2-6-11(12)10-15/h2-9,16-17H,10,15H2,1H3. The van der Waals surface area contributed by atoms with E-state index in [4.69, 9.17) is 5.73 Å². The quantitative estimate of drug-likeness (QED) is 0.784.